The third-order valence-electron chi connectivity index (χ3n) is 4.15. The molecule has 0 aliphatic carbocycles. The number of carbonyl (C=O) groups is 1. The van der Waals surface area contributed by atoms with E-state index in [0.717, 1.165) is 5.39 Å². The van der Waals surface area contributed by atoms with Gasteiger partial charge in [0.05, 0.1) is 35.7 Å². The molecular weight excluding hydrogens is 379 g/mol. The number of para-hydroxylation sites is 1. The van der Waals surface area contributed by atoms with E-state index in [4.69, 9.17) is 4.74 Å². The molecule has 2 aromatic carbocycles. The second-order valence-corrected chi connectivity index (χ2v) is 6.83. The van der Waals surface area contributed by atoms with Gasteiger partial charge in [-0.3, -0.25) is 4.79 Å². The van der Waals surface area contributed by atoms with Crippen LogP contribution in [0, 0.1) is 5.82 Å². The van der Waals surface area contributed by atoms with E-state index >= 15 is 0 Å². The van der Waals surface area contributed by atoms with E-state index in [1.807, 2.05) is 6.07 Å². The summed E-state index contributed by atoms with van der Waals surface area (Å²) < 4.78 is 20.0. The van der Waals surface area contributed by atoms with Gasteiger partial charge in [0, 0.05) is 0 Å². The molecule has 0 atom stereocenters. The van der Waals surface area contributed by atoms with Crippen LogP contribution in [0.4, 0.5) is 4.39 Å². The molecule has 2 heterocycles. The Hall–Kier alpha value is -3.26. The lowest BCUT2D eigenvalue weighted by Gasteiger charge is -2.07. The molecule has 2 aromatic heterocycles. The molecule has 6 nitrogen and oxygen atoms in total. The highest BCUT2D eigenvalue weighted by molar-refractivity contribution is 8.00. The van der Waals surface area contributed by atoms with Crippen molar-refractivity contribution in [2.75, 3.05) is 12.9 Å². The smallest absolute Gasteiger partial charge is 0.176 e. The maximum Gasteiger partial charge on any atom is 0.176 e. The molecule has 28 heavy (non-hydrogen) atoms. The standard InChI is InChI=1S/C20H15FN4O2S/c1-27-18-5-3-2-4-15(18)17(26)11-28-20-16-10-24-25(19(16)22-12-23-20)14-8-6-13(21)7-9-14/h2-10,12H,11H2,1H3. The van der Waals surface area contributed by atoms with Crippen molar-refractivity contribution in [3.63, 3.8) is 0 Å². The van der Waals surface area contributed by atoms with Gasteiger partial charge < -0.3 is 4.74 Å². The number of aromatic nitrogens is 4. The Bertz CT molecular complexity index is 1140. The summed E-state index contributed by atoms with van der Waals surface area (Å²) in [4.78, 5) is 21.2. The number of Topliss-reactive ketones (excluding diaryl/α,β-unsaturated/α-hetero) is 1. The predicted octanol–water partition coefficient (Wildman–Crippen LogP) is 3.94. The lowest BCUT2D eigenvalue weighted by atomic mass is 10.1. The Labute approximate surface area is 164 Å². The molecule has 0 unspecified atom stereocenters. The molecule has 140 valence electrons. The Morgan fingerprint density at radius 2 is 1.93 bits per heavy atom. The molecule has 0 saturated heterocycles. The van der Waals surface area contributed by atoms with Crippen LogP contribution in [0.15, 0.2) is 66.1 Å². The molecule has 8 heteroatoms. The van der Waals surface area contributed by atoms with Crippen molar-refractivity contribution in [3.8, 4) is 11.4 Å². The van der Waals surface area contributed by atoms with Crippen molar-refractivity contribution in [3.05, 3.63) is 72.4 Å². The molecule has 0 amide bonds. The maximum atomic E-state index is 13.2. The molecular formula is C20H15FN4O2S. The van der Waals surface area contributed by atoms with Crippen molar-refractivity contribution >= 4 is 28.6 Å². The zero-order valence-electron chi connectivity index (χ0n) is 14.9. The summed E-state index contributed by atoms with van der Waals surface area (Å²) in [5.74, 6) is 0.375. The first-order valence-corrected chi connectivity index (χ1v) is 9.39. The van der Waals surface area contributed by atoms with E-state index < -0.39 is 0 Å². The van der Waals surface area contributed by atoms with Crippen molar-refractivity contribution in [2.24, 2.45) is 0 Å². The van der Waals surface area contributed by atoms with Crippen molar-refractivity contribution in [1.29, 1.82) is 0 Å². The van der Waals surface area contributed by atoms with Gasteiger partial charge >= 0.3 is 0 Å². The van der Waals surface area contributed by atoms with Crippen LogP contribution in [0.5, 0.6) is 5.75 Å². The van der Waals surface area contributed by atoms with E-state index in [1.54, 1.807) is 41.2 Å². The van der Waals surface area contributed by atoms with Gasteiger partial charge in [-0.1, -0.05) is 23.9 Å². The van der Waals surface area contributed by atoms with Gasteiger partial charge in [-0.15, -0.1) is 0 Å². The first-order valence-electron chi connectivity index (χ1n) is 8.41. The highest BCUT2D eigenvalue weighted by Gasteiger charge is 2.16. The molecule has 0 radical (unpaired) electrons. The normalized spacial score (nSPS) is 10.9. The highest BCUT2D eigenvalue weighted by Crippen LogP contribution is 2.27. The Morgan fingerprint density at radius 1 is 1.14 bits per heavy atom. The minimum Gasteiger partial charge on any atom is -0.496 e. The molecule has 4 rings (SSSR count). The summed E-state index contributed by atoms with van der Waals surface area (Å²) in [5, 5.41) is 5.72. The summed E-state index contributed by atoms with van der Waals surface area (Å²) in [7, 11) is 1.54. The molecule has 0 spiro atoms. The predicted molar refractivity (Wildman–Crippen MR) is 105 cm³/mol. The van der Waals surface area contributed by atoms with Gasteiger partial charge in [0.15, 0.2) is 11.4 Å². The summed E-state index contributed by atoms with van der Waals surface area (Å²) in [6.07, 6.45) is 3.08. The van der Waals surface area contributed by atoms with E-state index in [9.17, 15) is 9.18 Å². The summed E-state index contributed by atoms with van der Waals surface area (Å²) >= 11 is 1.31. The molecule has 4 aromatic rings. The number of ketones is 1. The van der Waals surface area contributed by atoms with Crippen molar-refractivity contribution < 1.29 is 13.9 Å². The number of hydrogen-bond acceptors (Lipinski definition) is 6. The van der Waals surface area contributed by atoms with E-state index in [0.29, 0.717) is 27.7 Å². The zero-order valence-corrected chi connectivity index (χ0v) is 15.7. The Morgan fingerprint density at radius 3 is 2.71 bits per heavy atom. The number of halogens is 1. The lowest BCUT2D eigenvalue weighted by molar-refractivity contribution is 0.101. The van der Waals surface area contributed by atoms with Crippen molar-refractivity contribution in [2.45, 2.75) is 5.03 Å². The number of fused-ring (bicyclic) bond motifs is 1. The molecule has 0 aliphatic heterocycles. The topological polar surface area (TPSA) is 69.9 Å². The van der Waals surface area contributed by atoms with Crippen LogP contribution in [0.3, 0.4) is 0 Å². The van der Waals surface area contributed by atoms with Gasteiger partial charge in [0.25, 0.3) is 0 Å². The van der Waals surface area contributed by atoms with Crippen LogP contribution < -0.4 is 4.74 Å². The molecule has 0 N–H and O–H groups in total. The van der Waals surface area contributed by atoms with Gasteiger partial charge in [0.1, 0.15) is 22.9 Å². The van der Waals surface area contributed by atoms with Crippen LogP contribution in [0.25, 0.3) is 16.7 Å². The fourth-order valence-corrected chi connectivity index (χ4v) is 3.64. The van der Waals surface area contributed by atoms with Crippen molar-refractivity contribution in [1.82, 2.24) is 19.7 Å². The Kier molecular flexibility index (Phi) is 5.03. The van der Waals surface area contributed by atoms with Gasteiger partial charge in [0.2, 0.25) is 0 Å². The van der Waals surface area contributed by atoms with E-state index in [-0.39, 0.29) is 17.4 Å². The summed E-state index contributed by atoms with van der Waals surface area (Å²) in [6, 6.07) is 13.1. The molecule has 0 aliphatic rings. The van der Waals surface area contributed by atoms with Gasteiger partial charge in [-0.05, 0) is 36.4 Å². The number of thioether (sulfide) groups is 1. The first kappa shape index (κ1) is 18.1. The van der Waals surface area contributed by atoms with E-state index in [1.165, 1.54) is 37.3 Å². The second-order valence-electron chi connectivity index (χ2n) is 5.86. The number of hydrogen-bond donors (Lipinski definition) is 0. The van der Waals surface area contributed by atoms with E-state index in [2.05, 4.69) is 15.1 Å². The largest absolute Gasteiger partial charge is 0.496 e. The fourth-order valence-electron chi connectivity index (χ4n) is 2.80. The minimum atomic E-state index is -0.319. The number of carbonyl (C=O) groups excluding carboxylic acids is 1. The van der Waals surface area contributed by atoms with Gasteiger partial charge in [-0.2, -0.15) is 5.10 Å². The first-order chi connectivity index (χ1) is 13.7. The molecule has 0 bridgehead atoms. The molecule has 0 saturated carbocycles. The lowest BCUT2D eigenvalue weighted by Crippen LogP contribution is -2.05. The monoisotopic (exact) mass is 394 g/mol. The van der Waals surface area contributed by atoms with Crippen LogP contribution in [0.1, 0.15) is 10.4 Å². The quantitative estimate of drug-likeness (QED) is 0.280. The van der Waals surface area contributed by atoms with Crippen LogP contribution in [-0.4, -0.2) is 38.4 Å². The zero-order chi connectivity index (χ0) is 19.5. The summed E-state index contributed by atoms with van der Waals surface area (Å²) in [5.41, 5.74) is 1.81. The second kappa shape index (κ2) is 7.77. The number of benzene rings is 2. The van der Waals surface area contributed by atoms with Gasteiger partial charge in [-0.25, -0.2) is 19.0 Å². The number of rotatable bonds is 6. The van der Waals surface area contributed by atoms with Crippen LogP contribution in [0.2, 0.25) is 0 Å². The average Bonchev–Trinajstić information content (AvgIpc) is 3.17. The SMILES string of the molecule is COc1ccccc1C(=O)CSc1ncnc2c1cnn2-c1ccc(F)cc1. The maximum absolute atomic E-state index is 13.2. The number of nitrogens with zero attached hydrogens (tertiary/aromatic N) is 4. The Balaban J connectivity index is 1.60. The third-order valence-corrected chi connectivity index (χ3v) is 5.15. The van der Waals surface area contributed by atoms with Crippen LogP contribution >= 0.6 is 11.8 Å². The average molecular weight is 394 g/mol. The number of methoxy groups -OCH3 is 1. The van der Waals surface area contributed by atoms with Crippen LogP contribution in [-0.2, 0) is 0 Å². The fraction of sp³-hybridized carbons (Fsp3) is 0.100. The summed E-state index contributed by atoms with van der Waals surface area (Å²) in [6.45, 7) is 0. The minimum absolute atomic E-state index is 0.0554. The molecule has 0 fully saturated rings. The highest BCUT2D eigenvalue weighted by atomic mass is 32.2. The number of ether oxygens (including phenoxy) is 1. The third kappa shape index (κ3) is 3.46.